The van der Waals surface area contributed by atoms with Crippen molar-refractivity contribution in [1.82, 2.24) is 4.72 Å². The van der Waals surface area contributed by atoms with Crippen LogP contribution in [0.4, 0.5) is 5.69 Å². The Kier molecular flexibility index (Phi) is 12.6. The van der Waals surface area contributed by atoms with Gasteiger partial charge in [0, 0.05) is 48.6 Å². The summed E-state index contributed by atoms with van der Waals surface area (Å²) in [5.41, 5.74) is 9.08. The highest BCUT2D eigenvalue weighted by molar-refractivity contribution is 7.89. The van der Waals surface area contributed by atoms with Gasteiger partial charge in [0.2, 0.25) is 10.0 Å². The van der Waals surface area contributed by atoms with Gasteiger partial charge in [-0.25, -0.2) is 13.1 Å². The Morgan fingerprint density at radius 2 is 1.41 bits per heavy atom. The molecule has 0 unspecified atom stereocenters. The molecule has 0 heterocycles. The second-order valence-electron chi connectivity index (χ2n) is 7.32. The molecule has 0 spiro atoms. The van der Waals surface area contributed by atoms with Crippen molar-refractivity contribution >= 4 is 26.5 Å². The summed E-state index contributed by atoms with van der Waals surface area (Å²) in [6.07, 6.45) is 0. The summed E-state index contributed by atoms with van der Waals surface area (Å²) in [6.45, 7) is 3.53. The van der Waals surface area contributed by atoms with Crippen molar-refractivity contribution in [3.8, 4) is 0 Å². The van der Waals surface area contributed by atoms with Crippen molar-refractivity contribution in [3.63, 3.8) is 0 Å². The van der Waals surface area contributed by atoms with Crippen LogP contribution < -0.4 is 9.62 Å². The summed E-state index contributed by atoms with van der Waals surface area (Å²) in [4.78, 5) is 4.84. The third-order valence-electron chi connectivity index (χ3n) is 4.68. The van der Waals surface area contributed by atoms with Gasteiger partial charge in [0.15, 0.2) is 0 Å². The number of nitrogens with zero attached hydrogens (tertiary/aromatic N) is 4. The van der Waals surface area contributed by atoms with E-state index in [4.69, 9.17) is 24.5 Å². The number of benzene rings is 2. The summed E-state index contributed by atoms with van der Waals surface area (Å²) < 4.78 is 49.6. The fourth-order valence-corrected chi connectivity index (χ4v) is 4.36. The van der Waals surface area contributed by atoms with Crippen LogP contribution in [-0.2, 0) is 29.0 Å². The molecule has 0 saturated heterocycles. The molecule has 0 bridgehead atoms. The van der Waals surface area contributed by atoms with Crippen LogP contribution in [0.5, 0.6) is 0 Å². The molecule has 0 fully saturated rings. The fraction of sp³-hybridized carbons (Fsp3) is 0.545. The average Bonchev–Trinajstić information content (AvgIpc) is 2.82. The third kappa shape index (κ3) is 9.43. The molecule has 0 amide bonds. The van der Waals surface area contributed by atoms with Crippen molar-refractivity contribution in [3.05, 3.63) is 46.8 Å². The third-order valence-corrected chi connectivity index (χ3v) is 6.20. The lowest BCUT2D eigenvalue weighted by atomic mass is 10.1. The van der Waals surface area contributed by atoms with E-state index in [0.717, 1.165) is 11.1 Å². The van der Waals surface area contributed by atoms with E-state index in [1.54, 1.807) is 12.1 Å². The molecule has 11 nitrogen and oxygen atoms in total. The Hall–Kier alpha value is -2.44. The van der Waals surface area contributed by atoms with Crippen LogP contribution >= 0.6 is 0 Å². The maximum Gasteiger partial charge on any atom is 0.241 e. The molecule has 2 aromatic carbocycles. The molecule has 0 radical (unpaired) electrons. The van der Waals surface area contributed by atoms with Crippen LogP contribution in [0.2, 0.25) is 0 Å². The number of rotatable bonds is 18. The van der Waals surface area contributed by atoms with Gasteiger partial charge in [-0.1, -0.05) is 29.4 Å². The van der Waals surface area contributed by atoms with Gasteiger partial charge in [0.25, 0.3) is 0 Å². The van der Waals surface area contributed by atoms with E-state index in [0.29, 0.717) is 58.2 Å². The van der Waals surface area contributed by atoms with Crippen molar-refractivity contribution in [2.24, 2.45) is 5.11 Å². The van der Waals surface area contributed by atoms with Gasteiger partial charge in [0.05, 0.1) is 57.8 Å². The Morgan fingerprint density at radius 3 is 2.03 bits per heavy atom. The zero-order chi connectivity index (χ0) is 24.7. The quantitative estimate of drug-likeness (QED) is 0.145. The van der Waals surface area contributed by atoms with Crippen molar-refractivity contribution in [1.29, 1.82) is 0 Å². The van der Waals surface area contributed by atoms with Crippen LogP contribution in [0.15, 0.2) is 46.4 Å². The number of hydrogen-bond acceptors (Lipinski definition) is 8. The smallest absolute Gasteiger partial charge is 0.241 e. The predicted molar refractivity (Wildman–Crippen MR) is 131 cm³/mol. The van der Waals surface area contributed by atoms with Gasteiger partial charge in [-0.3, -0.25) is 0 Å². The van der Waals surface area contributed by atoms with Crippen LogP contribution in [0.3, 0.4) is 0 Å². The largest absolute Gasteiger partial charge is 0.379 e. The second-order valence-corrected chi connectivity index (χ2v) is 9.06. The normalized spacial score (nSPS) is 11.5. The fourth-order valence-electron chi connectivity index (χ4n) is 3.13. The minimum absolute atomic E-state index is 0.162. The van der Waals surface area contributed by atoms with Crippen molar-refractivity contribution in [2.45, 2.75) is 4.90 Å². The molecule has 0 aliphatic rings. The Labute approximate surface area is 200 Å². The monoisotopic (exact) mass is 495 g/mol. The molecule has 0 saturated carbocycles. The molecule has 12 heteroatoms. The van der Waals surface area contributed by atoms with Crippen LogP contribution in [-0.4, -0.2) is 88.5 Å². The molecule has 34 heavy (non-hydrogen) atoms. The van der Waals surface area contributed by atoms with E-state index < -0.39 is 10.0 Å². The summed E-state index contributed by atoms with van der Waals surface area (Å²) in [6, 6.07) is 10.9. The lowest BCUT2D eigenvalue weighted by Crippen LogP contribution is -2.28. The highest BCUT2D eigenvalue weighted by atomic mass is 32.2. The van der Waals surface area contributed by atoms with E-state index >= 15 is 0 Å². The van der Waals surface area contributed by atoms with E-state index in [1.807, 2.05) is 43.3 Å². The highest BCUT2D eigenvalue weighted by Gasteiger charge is 2.18. The van der Waals surface area contributed by atoms with Crippen LogP contribution in [0.25, 0.3) is 21.2 Å². The Morgan fingerprint density at radius 1 is 0.853 bits per heavy atom. The number of azide groups is 1. The molecule has 188 valence electrons. The van der Waals surface area contributed by atoms with Gasteiger partial charge in [-0.2, -0.15) is 0 Å². The minimum atomic E-state index is -3.68. The summed E-state index contributed by atoms with van der Waals surface area (Å²) >= 11 is 0. The zero-order valence-electron chi connectivity index (χ0n) is 19.7. The van der Waals surface area contributed by atoms with Gasteiger partial charge in [0.1, 0.15) is 0 Å². The summed E-state index contributed by atoms with van der Waals surface area (Å²) in [5.74, 6) is 0. The number of anilines is 1. The first-order valence-electron chi connectivity index (χ1n) is 11.0. The number of hydrogen-bond donors (Lipinski definition) is 1. The Bertz CT molecular complexity index is 1030. The van der Waals surface area contributed by atoms with Crippen LogP contribution in [0.1, 0.15) is 0 Å². The standard InChI is InChI=1S/C22H33N5O6S/c1-27(2)21-7-3-6-20-19(21)5-4-8-22(20)34(28,29)25-10-12-31-14-16-33-18-17-32-15-13-30-11-9-24-26-23/h3-8,25H,9-18H2,1-2H3. The summed E-state index contributed by atoms with van der Waals surface area (Å²) in [7, 11) is 0.177. The predicted octanol–water partition coefficient (Wildman–Crippen LogP) is 2.56. The van der Waals surface area contributed by atoms with E-state index in [2.05, 4.69) is 14.7 Å². The van der Waals surface area contributed by atoms with Gasteiger partial charge < -0.3 is 23.8 Å². The maximum atomic E-state index is 12.8. The lowest BCUT2D eigenvalue weighted by Gasteiger charge is -2.17. The first kappa shape index (κ1) is 27.8. The lowest BCUT2D eigenvalue weighted by molar-refractivity contribution is -0.000338. The second kappa shape index (κ2) is 15.5. The topological polar surface area (TPSA) is 135 Å². The molecular weight excluding hydrogens is 462 g/mol. The van der Waals surface area contributed by atoms with Crippen molar-refractivity contribution in [2.75, 3.05) is 84.9 Å². The molecule has 2 aromatic rings. The zero-order valence-corrected chi connectivity index (χ0v) is 20.5. The number of nitrogens with one attached hydrogen (secondary N) is 1. The minimum Gasteiger partial charge on any atom is -0.379 e. The van der Waals surface area contributed by atoms with Crippen molar-refractivity contribution < 1.29 is 27.4 Å². The number of ether oxygens (including phenoxy) is 4. The number of sulfonamides is 1. The van der Waals surface area contributed by atoms with Gasteiger partial charge >= 0.3 is 0 Å². The first-order chi connectivity index (χ1) is 16.5. The molecule has 0 aliphatic carbocycles. The SMILES string of the molecule is CN(C)c1cccc2c(S(=O)(=O)NCCOCCOCCOCCOCCN=[N+]=[N-])cccc12. The highest BCUT2D eigenvalue weighted by Crippen LogP contribution is 2.29. The maximum absolute atomic E-state index is 12.8. The Balaban J connectivity index is 1.59. The molecule has 2 rings (SSSR count). The molecule has 0 aliphatic heterocycles. The first-order valence-corrected chi connectivity index (χ1v) is 12.5. The molecule has 1 N–H and O–H groups in total. The van der Waals surface area contributed by atoms with E-state index in [-0.39, 0.29) is 18.0 Å². The summed E-state index contributed by atoms with van der Waals surface area (Å²) in [5, 5.41) is 4.92. The van der Waals surface area contributed by atoms with E-state index in [1.165, 1.54) is 0 Å². The molecular formula is C22H33N5O6S. The van der Waals surface area contributed by atoms with Crippen LogP contribution in [0, 0.1) is 0 Å². The van der Waals surface area contributed by atoms with E-state index in [9.17, 15) is 8.42 Å². The van der Waals surface area contributed by atoms with Gasteiger partial charge in [-0.15, -0.1) is 0 Å². The number of fused-ring (bicyclic) bond motifs is 1. The molecule has 0 aromatic heterocycles. The van der Waals surface area contributed by atoms with Gasteiger partial charge in [-0.05, 0) is 17.7 Å². The average molecular weight is 496 g/mol. The molecule has 0 atom stereocenters.